The number of allylic oxidation sites excluding steroid dienone is 2. The zero-order valence-corrected chi connectivity index (χ0v) is 14.1. The van der Waals surface area contributed by atoms with Crippen LogP contribution in [0.25, 0.3) is 0 Å². The van der Waals surface area contributed by atoms with Crippen LogP contribution in [-0.2, 0) is 0 Å². The van der Waals surface area contributed by atoms with E-state index in [9.17, 15) is 0 Å². The molecule has 0 aliphatic heterocycles. The molecule has 1 heteroatoms. The molecule has 0 aliphatic rings. The molecule has 0 amide bonds. The number of hydrogen-bond donors (Lipinski definition) is 1. The fraction of sp³-hybridized carbons (Fsp3) is 0.895. The Morgan fingerprint density at radius 1 is 0.650 bits per heavy atom. The molecule has 20 heavy (non-hydrogen) atoms. The Morgan fingerprint density at radius 2 is 1.10 bits per heavy atom. The number of unbranched alkanes of at least 4 members (excludes halogenated alkanes) is 10. The highest BCUT2D eigenvalue weighted by Gasteiger charge is 1.95. The lowest BCUT2D eigenvalue weighted by Gasteiger charge is -2.04. The van der Waals surface area contributed by atoms with E-state index in [4.69, 9.17) is 5.11 Å². The van der Waals surface area contributed by atoms with Crippen LogP contribution in [0.4, 0.5) is 0 Å². The van der Waals surface area contributed by atoms with Gasteiger partial charge in [-0.25, -0.2) is 0 Å². The van der Waals surface area contributed by atoms with Crippen LogP contribution >= 0.6 is 0 Å². The first-order valence-electron chi connectivity index (χ1n) is 9.03. The van der Waals surface area contributed by atoms with E-state index in [-0.39, 0.29) is 0 Å². The molecule has 0 heterocycles. The van der Waals surface area contributed by atoms with Crippen molar-refractivity contribution in [2.24, 2.45) is 5.92 Å². The van der Waals surface area contributed by atoms with E-state index in [0.29, 0.717) is 6.61 Å². The maximum atomic E-state index is 8.65. The van der Waals surface area contributed by atoms with Crippen LogP contribution < -0.4 is 0 Å². The van der Waals surface area contributed by atoms with Gasteiger partial charge in [0.25, 0.3) is 0 Å². The quantitative estimate of drug-likeness (QED) is 0.277. The molecule has 0 aromatic rings. The Hall–Kier alpha value is -0.300. The minimum absolute atomic E-state index is 0.321. The molecule has 120 valence electrons. The van der Waals surface area contributed by atoms with Gasteiger partial charge in [-0.05, 0) is 31.6 Å². The third-order valence-corrected chi connectivity index (χ3v) is 3.85. The number of hydrogen-bond acceptors (Lipinski definition) is 1. The maximum absolute atomic E-state index is 8.65. The Kier molecular flexibility index (Phi) is 16.5. The van der Waals surface area contributed by atoms with Crippen LogP contribution in [-0.4, -0.2) is 11.7 Å². The van der Waals surface area contributed by atoms with E-state index in [0.717, 1.165) is 18.8 Å². The Bertz CT molecular complexity index is 196. The maximum Gasteiger partial charge on any atom is 0.0433 e. The predicted octanol–water partition coefficient (Wildman–Crippen LogP) is 6.26. The van der Waals surface area contributed by atoms with E-state index in [1.807, 2.05) is 0 Å². The summed E-state index contributed by atoms with van der Waals surface area (Å²) in [5, 5.41) is 8.65. The molecule has 1 N–H and O–H groups in total. The Morgan fingerprint density at radius 3 is 1.60 bits per heavy atom. The molecule has 0 aromatic carbocycles. The monoisotopic (exact) mass is 282 g/mol. The fourth-order valence-corrected chi connectivity index (χ4v) is 2.50. The summed E-state index contributed by atoms with van der Waals surface area (Å²) >= 11 is 0. The number of rotatable bonds is 15. The third-order valence-electron chi connectivity index (χ3n) is 3.85. The lowest BCUT2D eigenvalue weighted by Crippen LogP contribution is -1.87. The summed E-state index contributed by atoms with van der Waals surface area (Å²) in [5.41, 5.74) is 0. The van der Waals surface area contributed by atoms with Gasteiger partial charge in [-0.3, -0.25) is 0 Å². The first-order chi connectivity index (χ1) is 9.77. The van der Waals surface area contributed by atoms with Gasteiger partial charge in [0.15, 0.2) is 0 Å². The van der Waals surface area contributed by atoms with Crippen molar-refractivity contribution in [1.82, 2.24) is 0 Å². The highest BCUT2D eigenvalue weighted by molar-refractivity contribution is 4.81. The van der Waals surface area contributed by atoms with Crippen molar-refractivity contribution in [3.05, 3.63) is 12.2 Å². The fourth-order valence-electron chi connectivity index (χ4n) is 2.50. The molecule has 0 saturated heterocycles. The molecular weight excluding hydrogens is 244 g/mol. The summed E-state index contributed by atoms with van der Waals surface area (Å²) in [7, 11) is 0. The highest BCUT2D eigenvalue weighted by atomic mass is 16.2. The standard InChI is InChI=1S/C19H38O/c1-19(2)17-15-13-11-9-7-5-3-4-6-8-10-12-14-16-18-20/h10,12,19-20H,3-9,11,13-18H2,1-2H3/b12-10+. The first-order valence-corrected chi connectivity index (χ1v) is 9.03. The van der Waals surface area contributed by atoms with Gasteiger partial charge in [0.05, 0.1) is 0 Å². The molecule has 0 fully saturated rings. The molecule has 0 spiro atoms. The Labute approximate surface area is 127 Å². The van der Waals surface area contributed by atoms with Gasteiger partial charge in [-0.15, -0.1) is 0 Å². The van der Waals surface area contributed by atoms with Crippen molar-refractivity contribution in [3.8, 4) is 0 Å². The molecular formula is C19H38O. The zero-order chi connectivity index (χ0) is 14.9. The first kappa shape index (κ1) is 19.7. The van der Waals surface area contributed by atoms with Crippen molar-refractivity contribution < 1.29 is 5.11 Å². The second-order valence-corrected chi connectivity index (χ2v) is 6.49. The number of aliphatic hydroxyl groups is 1. The summed E-state index contributed by atoms with van der Waals surface area (Å²) < 4.78 is 0. The highest BCUT2D eigenvalue weighted by Crippen LogP contribution is 2.13. The van der Waals surface area contributed by atoms with Crippen LogP contribution in [0.3, 0.4) is 0 Å². The van der Waals surface area contributed by atoms with E-state index >= 15 is 0 Å². The molecule has 1 nitrogen and oxygen atoms in total. The van der Waals surface area contributed by atoms with Gasteiger partial charge in [-0.1, -0.05) is 83.8 Å². The predicted molar refractivity (Wildman–Crippen MR) is 91.1 cm³/mol. The van der Waals surface area contributed by atoms with E-state index < -0.39 is 0 Å². The van der Waals surface area contributed by atoms with Gasteiger partial charge in [0.2, 0.25) is 0 Å². The van der Waals surface area contributed by atoms with E-state index in [1.54, 1.807) is 0 Å². The minimum Gasteiger partial charge on any atom is -0.396 e. The lowest BCUT2D eigenvalue weighted by molar-refractivity contribution is 0.289. The normalized spacial score (nSPS) is 11.8. The van der Waals surface area contributed by atoms with Crippen molar-refractivity contribution in [1.29, 1.82) is 0 Å². The summed E-state index contributed by atoms with van der Waals surface area (Å²) in [4.78, 5) is 0. The van der Waals surface area contributed by atoms with Gasteiger partial charge >= 0.3 is 0 Å². The largest absolute Gasteiger partial charge is 0.396 e. The molecule has 0 aromatic heterocycles. The van der Waals surface area contributed by atoms with Crippen LogP contribution in [0.2, 0.25) is 0 Å². The second kappa shape index (κ2) is 16.8. The lowest BCUT2D eigenvalue weighted by atomic mass is 10.0. The van der Waals surface area contributed by atoms with Crippen LogP contribution in [0.1, 0.15) is 97.3 Å². The smallest absolute Gasteiger partial charge is 0.0433 e. The van der Waals surface area contributed by atoms with E-state index in [2.05, 4.69) is 26.0 Å². The van der Waals surface area contributed by atoms with E-state index in [1.165, 1.54) is 70.6 Å². The number of aliphatic hydroxyl groups excluding tert-OH is 1. The topological polar surface area (TPSA) is 20.2 Å². The molecule has 0 unspecified atom stereocenters. The van der Waals surface area contributed by atoms with Crippen molar-refractivity contribution >= 4 is 0 Å². The van der Waals surface area contributed by atoms with Crippen molar-refractivity contribution in [2.75, 3.05) is 6.61 Å². The average molecular weight is 283 g/mol. The molecule has 0 bridgehead atoms. The van der Waals surface area contributed by atoms with Gasteiger partial charge in [-0.2, -0.15) is 0 Å². The molecule has 0 saturated carbocycles. The SMILES string of the molecule is CC(C)CCCCCCCCCCC/C=C/CCCO. The summed E-state index contributed by atoms with van der Waals surface area (Å²) in [5.74, 6) is 0.882. The third kappa shape index (κ3) is 17.7. The van der Waals surface area contributed by atoms with Gasteiger partial charge in [0.1, 0.15) is 0 Å². The molecule has 0 aliphatic carbocycles. The molecule has 0 atom stereocenters. The summed E-state index contributed by atoms with van der Waals surface area (Å²) in [6.07, 6.45) is 21.8. The minimum atomic E-state index is 0.321. The zero-order valence-electron chi connectivity index (χ0n) is 14.1. The van der Waals surface area contributed by atoms with Gasteiger partial charge < -0.3 is 5.11 Å². The Balaban J connectivity index is 3.01. The molecule has 0 rings (SSSR count). The second-order valence-electron chi connectivity index (χ2n) is 6.49. The van der Waals surface area contributed by atoms with Crippen molar-refractivity contribution in [2.45, 2.75) is 97.3 Å². The molecule has 0 radical (unpaired) electrons. The van der Waals surface area contributed by atoms with Crippen molar-refractivity contribution in [3.63, 3.8) is 0 Å². The average Bonchev–Trinajstić information content (AvgIpc) is 2.43. The van der Waals surface area contributed by atoms with Gasteiger partial charge in [0, 0.05) is 6.61 Å². The van der Waals surface area contributed by atoms with Crippen LogP contribution in [0, 0.1) is 5.92 Å². The summed E-state index contributed by atoms with van der Waals surface area (Å²) in [6, 6.07) is 0. The van der Waals surface area contributed by atoms with Crippen LogP contribution in [0.15, 0.2) is 12.2 Å². The van der Waals surface area contributed by atoms with Crippen LogP contribution in [0.5, 0.6) is 0 Å². The summed E-state index contributed by atoms with van der Waals surface area (Å²) in [6.45, 7) is 4.96.